The molecule has 18 heavy (non-hydrogen) atoms. The lowest BCUT2D eigenvalue weighted by atomic mass is 10.2. The number of nitrogens with zero attached hydrogens (tertiary/aromatic N) is 4. The van der Waals surface area contributed by atoms with E-state index in [1.54, 1.807) is 0 Å². The summed E-state index contributed by atoms with van der Waals surface area (Å²) in [5.41, 5.74) is 14.6. The molecule has 0 aliphatic carbocycles. The van der Waals surface area contributed by atoms with Crippen molar-refractivity contribution in [2.75, 3.05) is 26.2 Å². The number of rotatable bonds is 2. The Balaban J connectivity index is 1.82. The van der Waals surface area contributed by atoms with Crippen LogP contribution in [0.15, 0.2) is 10.1 Å². The Bertz CT molecular complexity index is 313. The molecule has 0 atom stereocenters. The lowest BCUT2D eigenvalue weighted by Gasteiger charge is -2.27. The molecule has 0 amide bonds. The van der Waals surface area contributed by atoms with E-state index < -0.39 is 0 Å². The molecule has 0 saturated carbocycles. The number of hydrogen-bond donors (Lipinski definition) is 3. The van der Waals surface area contributed by atoms with Crippen LogP contribution in [-0.2, 0) is 0 Å². The zero-order valence-corrected chi connectivity index (χ0v) is 10.8. The van der Waals surface area contributed by atoms with Crippen molar-refractivity contribution in [2.24, 2.45) is 21.6 Å². The van der Waals surface area contributed by atoms with Crippen LogP contribution in [0.25, 0.3) is 0 Å². The highest BCUT2D eigenvalue weighted by molar-refractivity contribution is 5.92. The lowest BCUT2D eigenvalue weighted by molar-refractivity contribution is 0.193. The smallest absolute Gasteiger partial charge is 0.240 e. The highest BCUT2D eigenvalue weighted by Crippen LogP contribution is 2.07. The highest BCUT2D eigenvalue weighted by atomic mass is 15.5. The number of nitrogens with one attached hydrogen (secondary N) is 1. The Morgan fingerprint density at radius 3 is 2.17 bits per heavy atom. The quantitative estimate of drug-likeness (QED) is 0.460. The van der Waals surface area contributed by atoms with Crippen LogP contribution in [0.2, 0.25) is 0 Å². The molecule has 0 aromatic heterocycles. The van der Waals surface area contributed by atoms with E-state index in [1.165, 1.54) is 32.1 Å². The third-order valence-electron chi connectivity index (χ3n) is 3.19. The van der Waals surface area contributed by atoms with Gasteiger partial charge in [-0.25, -0.2) is 5.01 Å². The van der Waals surface area contributed by atoms with Gasteiger partial charge in [0, 0.05) is 26.2 Å². The van der Waals surface area contributed by atoms with Gasteiger partial charge in [-0.3, -0.25) is 10.4 Å². The van der Waals surface area contributed by atoms with Crippen molar-refractivity contribution in [2.45, 2.75) is 32.1 Å². The fourth-order valence-corrected chi connectivity index (χ4v) is 2.28. The summed E-state index contributed by atoms with van der Waals surface area (Å²) in [6, 6.07) is 0. The monoisotopic (exact) mass is 253 g/mol. The Morgan fingerprint density at radius 1 is 0.889 bits per heavy atom. The molecule has 0 radical (unpaired) electrons. The minimum Gasteiger partial charge on any atom is -0.368 e. The number of guanidine groups is 2. The van der Waals surface area contributed by atoms with Crippen LogP contribution >= 0.6 is 0 Å². The van der Waals surface area contributed by atoms with Crippen LogP contribution in [0, 0.1) is 0 Å². The van der Waals surface area contributed by atoms with Crippen LogP contribution < -0.4 is 16.9 Å². The van der Waals surface area contributed by atoms with E-state index in [1.807, 2.05) is 5.01 Å². The molecule has 2 saturated heterocycles. The van der Waals surface area contributed by atoms with Gasteiger partial charge in [-0.2, -0.15) is 4.99 Å². The van der Waals surface area contributed by atoms with Gasteiger partial charge in [-0.1, -0.05) is 6.42 Å². The Hall–Kier alpha value is -1.50. The average molecular weight is 253 g/mol. The summed E-state index contributed by atoms with van der Waals surface area (Å²) < 4.78 is 0. The fourth-order valence-electron chi connectivity index (χ4n) is 2.28. The van der Waals surface area contributed by atoms with Crippen molar-refractivity contribution >= 4 is 11.9 Å². The predicted octanol–water partition coefficient (Wildman–Crippen LogP) is -0.383. The largest absolute Gasteiger partial charge is 0.368 e. The summed E-state index contributed by atoms with van der Waals surface area (Å²) in [6.07, 6.45) is 6.01. The van der Waals surface area contributed by atoms with E-state index in [0.717, 1.165) is 26.2 Å². The molecular formula is C11H23N7. The van der Waals surface area contributed by atoms with Gasteiger partial charge >= 0.3 is 0 Å². The highest BCUT2D eigenvalue weighted by Gasteiger charge is 2.11. The molecular weight excluding hydrogens is 230 g/mol. The minimum atomic E-state index is 0.221. The van der Waals surface area contributed by atoms with Gasteiger partial charge in [0.15, 0.2) is 0 Å². The maximum absolute atomic E-state index is 5.80. The molecule has 5 N–H and O–H groups in total. The van der Waals surface area contributed by atoms with E-state index >= 15 is 0 Å². The summed E-state index contributed by atoms with van der Waals surface area (Å²) in [5.74, 6) is 0.538. The molecule has 2 fully saturated rings. The molecule has 102 valence electrons. The van der Waals surface area contributed by atoms with Crippen molar-refractivity contribution in [3.63, 3.8) is 0 Å². The average Bonchev–Trinajstić information content (AvgIpc) is 2.82. The zero-order chi connectivity index (χ0) is 12.8. The van der Waals surface area contributed by atoms with Gasteiger partial charge in [0.25, 0.3) is 0 Å². The second-order valence-corrected chi connectivity index (χ2v) is 4.78. The van der Waals surface area contributed by atoms with Crippen LogP contribution in [0.1, 0.15) is 32.1 Å². The second-order valence-electron chi connectivity index (χ2n) is 4.78. The van der Waals surface area contributed by atoms with Crippen LogP contribution in [0.3, 0.4) is 0 Å². The topological polar surface area (TPSA) is 95.3 Å². The van der Waals surface area contributed by atoms with Crippen molar-refractivity contribution in [3.05, 3.63) is 0 Å². The number of hydrogen-bond acceptors (Lipinski definition) is 3. The van der Waals surface area contributed by atoms with Crippen LogP contribution in [0.4, 0.5) is 0 Å². The molecule has 0 bridgehead atoms. The summed E-state index contributed by atoms with van der Waals surface area (Å²) >= 11 is 0. The number of nitrogens with two attached hydrogens (primary N) is 2. The Morgan fingerprint density at radius 2 is 1.50 bits per heavy atom. The molecule has 2 aliphatic rings. The maximum atomic E-state index is 5.80. The SMILES string of the molecule is NC(=NN1CCCC1)N=C(N)NN1CCCCC1. The molecule has 2 heterocycles. The Labute approximate surface area is 108 Å². The summed E-state index contributed by atoms with van der Waals surface area (Å²) in [6.45, 7) is 3.91. The summed E-state index contributed by atoms with van der Waals surface area (Å²) in [5, 5.41) is 8.22. The summed E-state index contributed by atoms with van der Waals surface area (Å²) in [4.78, 5) is 4.06. The van der Waals surface area contributed by atoms with Gasteiger partial charge in [0.2, 0.25) is 11.9 Å². The fraction of sp³-hybridized carbons (Fsp3) is 0.818. The molecule has 0 aromatic rings. The zero-order valence-electron chi connectivity index (χ0n) is 10.8. The van der Waals surface area contributed by atoms with Gasteiger partial charge in [-0.15, -0.1) is 5.10 Å². The van der Waals surface area contributed by atoms with Crippen LogP contribution in [-0.4, -0.2) is 48.1 Å². The predicted molar refractivity (Wildman–Crippen MR) is 72.6 cm³/mol. The lowest BCUT2D eigenvalue weighted by Crippen LogP contribution is -2.48. The molecule has 0 unspecified atom stereocenters. The first-order valence-electron chi connectivity index (χ1n) is 6.69. The number of aliphatic imine (C=N–C) groups is 1. The van der Waals surface area contributed by atoms with E-state index in [-0.39, 0.29) is 5.96 Å². The first kappa shape index (κ1) is 12.9. The van der Waals surface area contributed by atoms with Gasteiger partial charge in [0.05, 0.1) is 0 Å². The van der Waals surface area contributed by atoms with Crippen LogP contribution in [0.5, 0.6) is 0 Å². The van der Waals surface area contributed by atoms with Crippen molar-refractivity contribution in [3.8, 4) is 0 Å². The first-order chi connectivity index (χ1) is 8.74. The van der Waals surface area contributed by atoms with Gasteiger partial charge < -0.3 is 11.5 Å². The van der Waals surface area contributed by atoms with Crippen molar-refractivity contribution < 1.29 is 0 Å². The standard InChI is InChI=1S/C11H23N7/c12-10(15-17-6-2-1-3-7-17)14-11(13)16-18-8-4-5-9-18/h1-9H2,(H5,12,13,14,15,16). The van der Waals surface area contributed by atoms with Crippen molar-refractivity contribution in [1.82, 2.24) is 15.4 Å². The third-order valence-corrected chi connectivity index (χ3v) is 3.19. The number of piperidine rings is 1. The number of hydrazone groups is 1. The second kappa shape index (κ2) is 6.44. The summed E-state index contributed by atoms with van der Waals surface area (Å²) in [7, 11) is 0. The normalized spacial score (nSPS) is 23.4. The molecule has 0 spiro atoms. The minimum absolute atomic E-state index is 0.221. The van der Waals surface area contributed by atoms with E-state index in [4.69, 9.17) is 11.5 Å². The molecule has 7 nitrogen and oxygen atoms in total. The Kier molecular flexibility index (Phi) is 4.63. The maximum Gasteiger partial charge on any atom is 0.240 e. The molecule has 2 rings (SSSR count). The third kappa shape index (κ3) is 4.06. The van der Waals surface area contributed by atoms with E-state index in [2.05, 4.69) is 20.5 Å². The number of hydrazine groups is 1. The molecule has 2 aliphatic heterocycles. The van der Waals surface area contributed by atoms with Crippen molar-refractivity contribution in [1.29, 1.82) is 0 Å². The van der Waals surface area contributed by atoms with E-state index in [0.29, 0.717) is 5.96 Å². The van der Waals surface area contributed by atoms with Gasteiger partial charge in [-0.05, 0) is 25.7 Å². The first-order valence-corrected chi connectivity index (χ1v) is 6.69. The molecule has 0 aromatic carbocycles. The van der Waals surface area contributed by atoms with Gasteiger partial charge in [0.1, 0.15) is 0 Å². The van der Waals surface area contributed by atoms with E-state index in [9.17, 15) is 0 Å². The molecule has 7 heteroatoms.